The van der Waals surface area contributed by atoms with Crippen molar-refractivity contribution in [1.82, 2.24) is 5.43 Å². The zero-order chi connectivity index (χ0) is 14.2. The van der Waals surface area contributed by atoms with Gasteiger partial charge in [-0.3, -0.25) is 11.3 Å². The number of hydrazine groups is 1. The molecule has 3 rings (SSSR count). The molecule has 2 fully saturated rings. The first-order valence-electron chi connectivity index (χ1n) is 7.50. The highest BCUT2D eigenvalue weighted by Crippen LogP contribution is 2.47. The zero-order valence-electron chi connectivity index (χ0n) is 12.0. The molecular weight excluding hydrogens is 316 g/mol. The summed E-state index contributed by atoms with van der Waals surface area (Å²) in [6, 6.07) is 6.68. The fraction of sp³-hybridized carbons (Fsp3) is 0.625. The standard InChI is InChI=1S/C16H23BrN2O/c1-11-3-4-14(17)13(9-11)15(19-18)12-5-8-20-16(10-12)6-2-7-16/h3-4,9,12,15,19H,2,5-8,10,18H2,1H3. The minimum atomic E-state index is 0.161. The molecule has 1 aliphatic heterocycles. The lowest BCUT2D eigenvalue weighted by molar-refractivity contribution is -0.147. The first-order valence-corrected chi connectivity index (χ1v) is 8.29. The van der Waals surface area contributed by atoms with Crippen LogP contribution in [0.5, 0.6) is 0 Å². The molecule has 1 saturated carbocycles. The molecule has 1 aliphatic carbocycles. The zero-order valence-corrected chi connectivity index (χ0v) is 13.6. The first-order chi connectivity index (χ1) is 9.63. The lowest BCUT2D eigenvalue weighted by Crippen LogP contribution is -2.48. The van der Waals surface area contributed by atoms with Gasteiger partial charge >= 0.3 is 0 Å². The van der Waals surface area contributed by atoms with Gasteiger partial charge in [0.2, 0.25) is 0 Å². The fourth-order valence-corrected chi connectivity index (χ4v) is 4.14. The number of rotatable bonds is 3. The third kappa shape index (κ3) is 2.67. The normalized spacial score (nSPS) is 26.2. The number of hydrogen-bond acceptors (Lipinski definition) is 3. The molecule has 0 amide bonds. The molecule has 2 unspecified atom stereocenters. The molecule has 2 aliphatic rings. The summed E-state index contributed by atoms with van der Waals surface area (Å²) in [5.74, 6) is 6.44. The molecule has 3 N–H and O–H groups in total. The van der Waals surface area contributed by atoms with Gasteiger partial charge in [0.05, 0.1) is 11.6 Å². The van der Waals surface area contributed by atoms with Gasteiger partial charge in [0.25, 0.3) is 0 Å². The van der Waals surface area contributed by atoms with Crippen LogP contribution < -0.4 is 11.3 Å². The quantitative estimate of drug-likeness (QED) is 0.653. The SMILES string of the molecule is Cc1ccc(Br)c(C(NN)C2CCOC3(CCC3)C2)c1. The Labute approximate surface area is 129 Å². The molecule has 3 nitrogen and oxygen atoms in total. The Balaban J connectivity index is 1.83. The van der Waals surface area contributed by atoms with Crippen molar-refractivity contribution in [3.63, 3.8) is 0 Å². The van der Waals surface area contributed by atoms with E-state index in [-0.39, 0.29) is 11.6 Å². The Morgan fingerprint density at radius 2 is 2.25 bits per heavy atom. The van der Waals surface area contributed by atoms with Crippen LogP contribution in [0, 0.1) is 12.8 Å². The molecule has 1 heterocycles. The van der Waals surface area contributed by atoms with Crippen LogP contribution in [0.3, 0.4) is 0 Å². The number of halogens is 1. The van der Waals surface area contributed by atoms with Crippen molar-refractivity contribution in [2.24, 2.45) is 11.8 Å². The molecular formula is C16H23BrN2O. The van der Waals surface area contributed by atoms with Gasteiger partial charge in [0.1, 0.15) is 0 Å². The molecule has 1 spiro atoms. The van der Waals surface area contributed by atoms with Gasteiger partial charge in [-0.2, -0.15) is 0 Å². The summed E-state index contributed by atoms with van der Waals surface area (Å²) in [6.45, 7) is 2.99. The van der Waals surface area contributed by atoms with Crippen molar-refractivity contribution in [3.8, 4) is 0 Å². The summed E-state index contributed by atoms with van der Waals surface area (Å²) < 4.78 is 7.17. The summed E-state index contributed by atoms with van der Waals surface area (Å²) in [5, 5.41) is 0. The Morgan fingerprint density at radius 1 is 1.45 bits per heavy atom. The van der Waals surface area contributed by atoms with Crippen molar-refractivity contribution < 1.29 is 4.74 Å². The molecule has 1 aromatic carbocycles. The summed E-state index contributed by atoms with van der Waals surface area (Å²) in [6.07, 6.45) is 5.95. The predicted octanol–water partition coefficient (Wildman–Crippen LogP) is 3.61. The summed E-state index contributed by atoms with van der Waals surface area (Å²) >= 11 is 3.67. The van der Waals surface area contributed by atoms with Crippen LogP contribution in [0.4, 0.5) is 0 Å². The van der Waals surface area contributed by atoms with E-state index in [1.807, 2.05) is 0 Å². The van der Waals surface area contributed by atoms with Gasteiger partial charge in [-0.15, -0.1) is 0 Å². The maximum absolute atomic E-state index is 6.04. The molecule has 1 saturated heterocycles. The lowest BCUT2D eigenvalue weighted by atomic mass is 9.69. The number of aryl methyl sites for hydroxylation is 1. The fourth-order valence-electron chi connectivity index (χ4n) is 3.65. The van der Waals surface area contributed by atoms with E-state index in [2.05, 4.69) is 46.5 Å². The maximum atomic E-state index is 6.04. The minimum absolute atomic E-state index is 0.161. The highest BCUT2D eigenvalue weighted by Gasteiger charge is 2.44. The van der Waals surface area contributed by atoms with E-state index in [1.165, 1.54) is 30.4 Å². The summed E-state index contributed by atoms with van der Waals surface area (Å²) in [7, 11) is 0. The highest BCUT2D eigenvalue weighted by atomic mass is 79.9. The maximum Gasteiger partial charge on any atom is 0.0686 e. The van der Waals surface area contributed by atoms with Crippen molar-refractivity contribution in [2.45, 2.75) is 50.7 Å². The Kier molecular flexibility index (Phi) is 4.18. The minimum Gasteiger partial charge on any atom is -0.375 e. The first kappa shape index (κ1) is 14.5. The molecule has 110 valence electrons. The van der Waals surface area contributed by atoms with Crippen molar-refractivity contribution in [2.75, 3.05) is 6.61 Å². The average molecular weight is 339 g/mol. The van der Waals surface area contributed by atoms with E-state index in [0.717, 1.165) is 23.9 Å². The third-order valence-corrected chi connectivity index (χ3v) is 5.66. The van der Waals surface area contributed by atoms with E-state index < -0.39 is 0 Å². The van der Waals surface area contributed by atoms with Gasteiger partial charge in [-0.1, -0.05) is 33.6 Å². The van der Waals surface area contributed by atoms with Crippen molar-refractivity contribution in [3.05, 3.63) is 33.8 Å². The molecule has 20 heavy (non-hydrogen) atoms. The monoisotopic (exact) mass is 338 g/mol. The van der Waals surface area contributed by atoms with Crippen LogP contribution >= 0.6 is 15.9 Å². The van der Waals surface area contributed by atoms with Crippen LogP contribution in [-0.4, -0.2) is 12.2 Å². The molecule has 4 heteroatoms. The van der Waals surface area contributed by atoms with E-state index in [0.29, 0.717) is 5.92 Å². The second kappa shape index (κ2) is 5.76. The molecule has 0 bridgehead atoms. The van der Waals surface area contributed by atoms with E-state index >= 15 is 0 Å². The van der Waals surface area contributed by atoms with E-state index in [9.17, 15) is 0 Å². The number of benzene rings is 1. The van der Waals surface area contributed by atoms with Gasteiger partial charge in [-0.05, 0) is 56.6 Å². The summed E-state index contributed by atoms with van der Waals surface area (Å²) in [5.41, 5.74) is 5.76. The number of hydrogen-bond donors (Lipinski definition) is 2. The van der Waals surface area contributed by atoms with Gasteiger partial charge in [0, 0.05) is 11.1 Å². The second-order valence-corrected chi connectivity index (χ2v) is 7.16. The average Bonchev–Trinajstić information content (AvgIpc) is 2.42. The van der Waals surface area contributed by atoms with E-state index in [4.69, 9.17) is 10.6 Å². The topological polar surface area (TPSA) is 47.3 Å². The van der Waals surface area contributed by atoms with Crippen LogP contribution in [0.1, 0.15) is 49.3 Å². The van der Waals surface area contributed by atoms with Gasteiger partial charge < -0.3 is 4.74 Å². The molecule has 2 atom stereocenters. The third-order valence-electron chi connectivity index (χ3n) is 4.93. The largest absolute Gasteiger partial charge is 0.375 e. The van der Waals surface area contributed by atoms with E-state index in [1.54, 1.807) is 0 Å². The number of ether oxygens (including phenoxy) is 1. The van der Waals surface area contributed by atoms with Crippen LogP contribution in [-0.2, 0) is 4.74 Å². The second-order valence-electron chi connectivity index (χ2n) is 6.31. The number of nitrogens with two attached hydrogens (primary N) is 1. The molecule has 1 aromatic rings. The van der Waals surface area contributed by atoms with Crippen LogP contribution in [0.15, 0.2) is 22.7 Å². The molecule has 0 aromatic heterocycles. The highest BCUT2D eigenvalue weighted by molar-refractivity contribution is 9.10. The Morgan fingerprint density at radius 3 is 2.90 bits per heavy atom. The van der Waals surface area contributed by atoms with Gasteiger partial charge in [0.15, 0.2) is 0 Å². The van der Waals surface area contributed by atoms with Gasteiger partial charge in [-0.25, -0.2) is 0 Å². The van der Waals surface area contributed by atoms with Crippen LogP contribution in [0.2, 0.25) is 0 Å². The summed E-state index contributed by atoms with van der Waals surface area (Å²) in [4.78, 5) is 0. The van der Waals surface area contributed by atoms with Crippen molar-refractivity contribution >= 4 is 15.9 Å². The number of nitrogens with one attached hydrogen (secondary N) is 1. The Hall–Kier alpha value is -0.420. The predicted molar refractivity (Wildman–Crippen MR) is 84.2 cm³/mol. The molecule has 0 radical (unpaired) electrons. The van der Waals surface area contributed by atoms with Crippen molar-refractivity contribution in [1.29, 1.82) is 0 Å². The lowest BCUT2D eigenvalue weighted by Gasteiger charge is -2.48. The smallest absolute Gasteiger partial charge is 0.0686 e. The Bertz CT molecular complexity index is 487. The van der Waals surface area contributed by atoms with Crippen LogP contribution in [0.25, 0.3) is 0 Å².